The summed E-state index contributed by atoms with van der Waals surface area (Å²) in [6, 6.07) is 1.65. The van der Waals surface area contributed by atoms with Gasteiger partial charge in [-0.25, -0.2) is 15.0 Å². The van der Waals surface area contributed by atoms with Gasteiger partial charge in [-0.15, -0.1) is 5.10 Å². The summed E-state index contributed by atoms with van der Waals surface area (Å²) in [6.07, 6.45) is 1.40. The summed E-state index contributed by atoms with van der Waals surface area (Å²) in [7, 11) is 0. The Morgan fingerprint density at radius 2 is 2.07 bits per heavy atom. The highest BCUT2D eigenvalue weighted by atomic mass is 15.4. The Kier molecular flexibility index (Phi) is 1.88. The van der Waals surface area contributed by atoms with E-state index >= 15 is 0 Å². The summed E-state index contributed by atoms with van der Waals surface area (Å²) < 4.78 is 1.63. The van der Waals surface area contributed by atoms with Crippen LogP contribution in [0.2, 0.25) is 0 Å². The van der Waals surface area contributed by atoms with Crippen LogP contribution >= 0.6 is 0 Å². The van der Waals surface area contributed by atoms with Crippen molar-refractivity contribution in [1.82, 2.24) is 24.7 Å². The maximum absolute atomic E-state index is 5.54. The Morgan fingerprint density at radius 1 is 1.29 bits per heavy atom. The second kappa shape index (κ2) is 3.06. The van der Waals surface area contributed by atoms with Crippen molar-refractivity contribution in [3.05, 3.63) is 24.0 Å². The number of rotatable bonds is 1. The number of anilines is 1. The lowest BCUT2D eigenvalue weighted by molar-refractivity contribution is 0.799. The molecule has 2 heterocycles. The first-order valence-corrected chi connectivity index (χ1v) is 4.15. The SMILES string of the molecule is Cc1nc(C)n(-c2cc(N)ncn2)n1. The largest absolute Gasteiger partial charge is 0.384 e. The third-order valence-corrected chi connectivity index (χ3v) is 1.77. The number of nitrogens with two attached hydrogens (primary N) is 1. The zero-order chi connectivity index (χ0) is 10.1. The minimum Gasteiger partial charge on any atom is -0.384 e. The smallest absolute Gasteiger partial charge is 0.160 e. The molecular formula is C8H10N6. The number of aromatic nitrogens is 5. The number of nitrogen functional groups attached to an aromatic ring is 1. The molecule has 0 atom stereocenters. The van der Waals surface area contributed by atoms with E-state index in [0.29, 0.717) is 17.5 Å². The first kappa shape index (κ1) is 8.61. The van der Waals surface area contributed by atoms with Crippen LogP contribution < -0.4 is 5.73 Å². The average molecular weight is 190 g/mol. The van der Waals surface area contributed by atoms with Gasteiger partial charge < -0.3 is 5.73 Å². The van der Waals surface area contributed by atoms with Gasteiger partial charge in [-0.1, -0.05) is 0 Å². The molecule has 2 aromatic rings. The van der Waals surface area contributed by atoms with Crippen LogP contribution in [-0.4, -0.2) is 24.7 Å². The van der Waals surface area contributed by atoms with E-state index in [9.17, 15) is 0 Å². The number of aryl methyl sites for hydroxylation is 2. The molecule has 0 saturated carbocycles. The van der Waals surface area contributed by atoms with Crippen molar-refractivity contribution in [2.24, 2.45) is 0 Å². The summed E-state index contributed by atoms with van der Waals surface area (Å²) in [6.45, 7) is 3.69. The standard InChI is InChI=1S/C8H10N6/c1-5-12-6(2)14(13-5)8-3-7(9)10-4-11-8/h3-4H,1-2H3,(H2,9,10,11). The molecule has 6 nitrogen and oxygen atoms in total. The molecule has 2 rings (SSSR count). The fourth-order valence-corrected chi connectivity index (χ4v) is 1.22. The molecule has 0 fully saturated rings. The van der Waals surface area contributed by atoms with E-state index in [1.165, 1.54) is 6.33 Å². The molecule has 0 saturated heterocycles. The lowest BCUT2D eigenvalue weighted by Gasteiger charge is -2.00. The van der Waals surface area contributed by atoms with Gasteiger partial charge in [-0.2, -0.15) is 4.68 Å². The summed E-state index contributed by atoms with van der Waals surface area (Å²) >= 11 is 0. The van der Waals surface area contributed by atoms with Gasteiger partial charge in [0.15, 0.2) is 5.82 Å². The third kappa shape index (κ3) is 1.41. The molecule has 0 amide bonds. The fourth-order valence-electron chi connectivity index (χ4n) is 1.22. The maximum atomic E-state index is 5.54. The highest BCUT2D eigenvalue weighted by Gasteiger charge is 2.06. The Bertz CT molecular complexity index is 461. The molecule has 0 unspecified atom stereocenters. The number of hydrogen-bond donors (Lipinski definition) is 1. The topological polar surface area (TPSA) is 82.5 Å². The molecule has 6 heteroatoms. The molecule has 0 spiro atoms. The van der Waals surface area contributed by atoms with E-state index in [0.717, 1.165) is 5.82 Å². The fraction of sp³-hybridized carbons (Fsp3) is 0.250. The van der Waals surface area contributed by atoms with Crippen LogP contribution in [0.5, 0.6) is 0 Å². The zero-order valence-electron chi connectivity index (χ0n) is 7.97. The lowest BCUT2D eigenvalue weighted by Crippen LogP contribution is -2.04. The summed E-state index contributed by atoms with van der Waals surface area (Å²) in [4.78, 5) is 12.0. The molecule has 0 aliphatic rings. The van der Waals surface area contributed by atoms with Crippen LogP contribution in [-0.2, 0) is 0 Å². The van der Waals surface area contributed by atoms with Crippen molar-refractivity contribution in [1.29, 1.82) is 0 Å². The van der Waals surface area contributed by atoms with Crippen LogP contribution in [0, 0.1) is 13.8 Å². The van der Waals surface area contributed by atoms with Gasteiger partial charge in [-0.3, -0.25) is 0 Å². The molecule has 0 bridgehead atoms. The second-order valence-electron chi connectivity index (χ2n) is 2.92. The van der Waals surface area contributed by atoms with Crippen LogP contribution in [0.1, 0.15) is 11.6 Å². The molecular weight excluding hydrogens is 180 g/mol. The van der Waals surface area contributed by atoms with Gasteiger partial charge in [0.25, 0.3) is 0 Å². The van der Waals surface area contributed by atoms with E-state index in [4.69, 9.17) is 5.73 Å². The predicted molar refractivity (Wildman–Crippen MR) is 50.8 cm³/mol. The van der Waals surface area contributed by atoms with Crippen molar-refractivity contribution < 1.29 is 0 Å². The van der Waals surface area contributed by atoms with Gasteiger partial charge in [-0.05, 0) is 13.8 Å². The summed E-state index contributed by atoms with van der Waals surface area (Å²) in [5.74, 6) is 2.54. The summed E-state index contributed by atoms with van der Waals surface area (Å²) in [5.41, 5.74) is 5.54. The predicted octanol–water partition coefficient (Wildman–Crippen LogP) is 0.256. The van der Waals surface area contributed by atoms with Crippen LogP contribution in [0.25, 0.3) is 5.82 Å². The third-order valence-electron chi connectivity index (χ3n) is 1.77. The van der Waals surface area contributed by atoms with Crippen molar-refractivity contribution >= 4 is 5.82 Å². The van der Waals surface area contributed by atoms with Gasteiger partial charge >= 0.3 is 0 Å². The van der Waals surface area contributed by atoms with E-state index in [-0.39, 0.29) is 0 Å². The van der Waals surface area contributed by atoms with Gasteiger partial charge in [0.1, 0.15) is 23.8 Å². The van der Waals surface area contributed by atoms with Crippen LogP contribution in [0.4, 0.5) is 5.82 Å². The Labute approximate surface area is 80.8 Å². The Morgan fingerprint density at radius 3 is 2.64 bits per heavy atom. The molecule has 2 aromatic heterocycles. The van der Waals surface area contributed by atoms with Gasteiger partial charge in [0.05, 0.1) is 0 Å². The molecule has 2 N–H and O–H groups in total. The quantitative estimate of drug-likeness (QED) is 0.697. The summed E-state index contributed by atoms with van der Waals surface area (Å²) in [5, 5.41) is 4.18. The molecule has 0 aromatic carbocycles. The highest BCUT2D eigenvalue weighted by Crippen LogP contribution is 2.07. The number of hydrogen-bond acceptors (Lipinski definition) is 5. The zero-order valence-corrected chi connectivity index (χ0v) is 7.97. The minimum absolute atomic E-state index is 0.419. The van der Waals surface area contributed by atoms with Crippen LogP contribution in [0.15, 0.2) is 12.4 Å². The van der Waals surface area contributed by atoms with Crippen molar-refractivity contribution in [3.8, 4) is 5.82 Å². The molecule has 0 radical (unpaired) electrons. The minimum atomic E-state index is 0.419. The molecule has 14 heavy (non-hydrogen) atoms. The Hall–Kier alpha value is -1.98. The first-order valence-electron chi connectivity index (χ1n) is 4.15. The highest BCUT2D eigenvalue weighted by molar-refractivity contribution is 5.35. The van der Waals surface area contributed by atoms with E-state index in [1.54, 1.807) is 10.7 Å². The Balaban J connectivity index is 2.54. The van der Waals surface area contributed by atoms with E-state index in [2.05, 4.69) is 20.1 Å². The maximum Gasteiger partial charge on any atom is 0.160 e. The molecule has 0 aliphatic heterocycles. The second-order valence-corrected chi connectivity index (χ2v) is 2.92. The van der Waals surface area contributed by atoms with E-state index < -0.39 is 0 Å². The van der Waals surface area contributed by atoms with Crippen molar-refractivity contribution in [2.45, 2.75) is 13.8 Å². The molecule has 72 valence electrons. The lowest BCUT2D eigenvalue weighted by atomic mass is 10.5. The van der Waals surface area contributed by atoms with Crippen LogP contribution in [0.3, 0.4) is 0 Å². The first-order chi connectivity index (χ1) is 6.66. The normalized spacial score (nSPS) is 10.4. The average Bonchev–Trinajstić information content (AvgIpc) is 2.45. The molecule has 0 aliphatic carbocycles. The number of nitrogens with zero attached hydrogens (tertiary/aromatic N) is 5. The van der Waals surface area contributed by atoms with Gasteiger partial charge in [0.2, 0.25) is 0 Å². The van der Waals surface area contributed by atoms with Crippen molar-refractivity contribution in [3.63, 3.8) is 0 Å². The van der Waals surface area contributed by atoms with Gasteiger partial charge in [0, 0.05) is 6.07 Å². The van der Waals surface area contributed by atoms with E-state index in [1.807, 2.05) is 13.8 Å². The van der Waals surface area contributed by atoms with Crippen molar-refractivity contribution in [2.75, 3.05) is 5.73 Å². The monoisotopic (exact) mass is 190 g/mol.